The standard InChI is InChI=1S/C10H16N2O2/c1-10(2,3)14-9(13)5-8-12-7-4-6-11-12/h4,6-7H,5,8H2,1-3H3. The van der Waals surface area contributed by atoms with Crippen LogP contribution in [-0.2, 0) is 16.1 Å². The number of aromatic nitrogens is 2. The summed E-state index contributed by atoms with van der Waals surface area (Å²) in [5.41, 5.74) is -0.402. The zero-order valence-electron chi connectivity index (χ0n) is 8.86. The third-order valence-corrected chi connectivity index (χ3v) is 1.52. The summed E-state index contributed by atoms with van der Waals surface area (Å²) in [5.74, 6) is -0.187. The van der Waals surface area contributed by atoms with Gasteiger partial charge in [0.1, 0.15) is 5.60 Å². The van der Waals surface area contributed by atoms with Crippen LogP contribution >= 0.6 is 0 Å². The second-order valence-corrected chi connectivity index (χ2v) is 4.11. The number of rotatable bonds is 3. The lowest BCUT2D eigenvalue weighted by molar-refractivity contribution is -0.155. The Labute approximate surface area is 83.9 Å². The molecule has 4 heteroatoms. The molecule has 0 aliphatic carbocycles. The molecule has 1 aromatic rings. The smallest absolute Gasteiger partial charge is 0.308 e. The van der Waals surface area contributed by atoms with Crippen molar-refractivity contribution < 1.29 is 9.53 Å². The van der Waals surface area contributed by atoms with E-state index in [0.29, 0.717) is 13.0 Å². The van der Waals surface area contributed by atoms with E-state index in [-0.39, 0.29) is 5.97 Å². The van der Waals surface area contributed by atoms with Crippen molar-refractivity contribution in [2.24, 2.45) is 0 Å². The quantitative estimate of drug-likeness (QED) is 0.690. The van der Waals surface area contributed by atoms with E-state index in [2.05, 4.69) is 5.10 Å². The molecule has 0 amide bonds. The highest BCUT2D eigenvalue weighted by Gasteiger charge is 2.15. The largest absolute Gasteiger partial charge is 0.460 e. The van der Waals surface area contributed by atoms with Gasteiger partial charge in [0.2, 0.25) is 0 Å². The molecule has 0 aliphatic rings. The minimum absolute atomic E-state index is 0.187. The maximum atomic E-state index is 11.3. The Morgan fingerprint density at radius 3 is 2.71 bits per heavy atom. The summed E-state index contributed by atoms with van der Waals surface area (Å²) in [4.78, 5) is 11.3. The Kier molecular flexibility index (Phi) is 3.28. The molecule has 14 heavy (non-hydrogen) atoms. The highest BCUT2D eigenvalue weighted by Crippen LogP contribution is 2.08. The molecule has 0 saturated heterocycles. The number of carbonyl (C=O) groups is 1. The van der Waals surface area contributed by atoms with Crippen LogP contribution in [-0.4, -0.2) is 21.4 Å². The van der Waals surface area contributed by atoms with Crippen molar-refractivity contribution in [3.8, 4) is 0 Å². The third-order valence-electron chi connectivity index (χ3n) is 1.52. The number of hydrogen-bond acceptors (Lipinski definition) is 3. The van der Waals surface area contributed by atoms with Gasteiger partial charge in [-0.05, 0) is 26.8 Å². The van der Waals surface area contributed by atoms with Gasteiger partial charge in [0.25, 0.3) is 0 Å². The van der Waals surface area contributed by atoms with Crippen LogP contribution in [0.5, 0.6) is 0 Å². The topological polar surface area (TPSA) is 44.1 Å². The molecule has 1 rings (SSSR count). The van der Waals surface area contributed by atoms with Gasteiger partial charge in [-0.15, -0.1) is 0 Å². The average molecular weight is 196 g/mol. The summed E-state index contributed by atoms with van der Waals surface area (Å²) in [5, 5.41) is 3.99. The molecular weight excluding hydrogens is 180 g/mol. The molecule has 0 radical (unpaired) electrons. The van der Waals surface area contributed by atoms with Gasteiger partial charge in [-0.3, -0.25) is 9.48 Å². The first-order valence-corrected chi connectivity index (χ1v) is 4.67. The first-order valence-electron chi connectivity index (χ1n) is 4.67. The number of ether oxygens (including phenoxy) is 1. The minimum Gasteiger partial charge on any atom is -0.460 e. The van der Waals surface area contributed by atoms with Crippen molar-refractivity contribution >= 4 is 5.97 Å². The molecule has 0 saturated carbocycles. The van der Waals surface area contributed by atoms with E-state index in [0.717, 1.165) is 0 Å². The SMILES string of the molecule is CC(C)(C)OC(=O)CCn1cccn1. The molecule has 78 valence electrons. The van der Waals surface area contributed by atoms with Gasteiger partial charge in [-0.25, -0.2) is 0 Å². The molecule has 0 aliphatic heterocycles. The van der Waals surface area contributed by atoms with Gasteiger partial charge in [0.15, 0.2) is 0 Å². The summed E-state index contributed by atoms with van der Waals surface area (Å²) < 4.78 is 6.87. The number of esters is 1. The summed E-state index contributed by atoms with van der Waals surface area (Å²) in [7, 11) is 0. The van der Waals surface area contributed by atoms with Gasteiger partial charge in [-0.1, -0.05) is 0 Å². The number of carbonyl (C=O) groups excluding carboxylic acids is 1. The van der Waals surface area contributed by atoms with Crippen molar-refractivity contribution in [1.82, 2.24) is 9.78 Å². The first-order chi connectivity index (χ1) is 6.47. The van der Waals surface area contributed by atoms with Crippen LogP contribution in [0.1, 0.15) is 27.2 Å². The van der Waals surface area contributed by atoms with Crippen molar-refractivity contribution in [1.29, 1.82) is 0 Å². The lowest BCUT2D eigenvalue weighted by Crippen LogP contribution is -2.24. The predicted octanol–water partition coefficient (Wildman–Crippen LogP) is 1.61. The highest BCUT2D eigenvalue weighted by atomic mass is 16.6. The molecule has 0 N–H and O–H groups in total. The molecule has 0 unspecified atom stereocenters. The monoisotopic (exact) mass is 196 g/mol. The van der Waals surface area contributed by atoms with E-state index in [1.54, 1.807) is 10.9 Å². The maximum absolute atomic E-state index is 11.3. The number of aryl methyl sites for hydroxylation is 1. The third kappa shape index (κ3) is 4.07. The fourth-order valence-corrected chi connectivity index (χ4v) is 1.03. The van der Waals surface area contributed by atoms with Crippen LogP contribution in [0, 0.1) is 0 Å². The molecule has 1 heterocycles. The van der Waals surface area contributed by atoms with Crippen LogP contribution < -0.4 is 0 Å². The van der Waals surface area contributed by atoms with Crippen LogP contribution in [0.4, 0.5) is 0 Å². The maximum Gasteiger partial charge on any atom is 0.308 e. The Hall–Kier alpha value is -1.32. The van der Waals surface area contributed by atoms with Gasteiger partial charge >= 0.3 is 5.97 Å². The summed E-state index contributed by atoms with van der Waals surface area (Å²) >= 11 is 0. The van der Waals surface area contributed by atoms with Crippen LogP contribution in [0.3, 0.4) is 0 Å². The molecule has 0 aromatic carbocycles. The molecule has 0 fully saturated rings. The number of hydrogen-bond donors (Lipinski definition) is 0. The fraction of sp³-hybridized carbons (Fsp3) is 0.600. The van der Waals surface area contributed by atoms with Crippen molar-refractivity contribution in [2.45, 2.75) is 39.3 Å². The van der Waals surface area contributed by atoms with Gasteiger partial charge < -0.3 is 4.74 Å². The summed E-state index contributed by atoms with van der Waals surface area (Å²) in [6.45, 7) is 6.15. The molecule has 0 spiro atoms. The second-order valence-electron chi connectivity index (χ2n) is 4.11. The predicted molar refractivity (Wildman–Crippen MR) is 52.7 cm³/mol. The molecule has 4 nitrogen and oxygen atoms in total. The molecule has 1 aromatic heterocycles. The lowest BCUT2D eigenvalue weighted by atomic mass is 10.2. The Balaban J connectivity index is 2.29. The van der Waals surface area contributed by atoms with E-state index < -0.39 is 5.60 Å². The van der Waals surface area contributed by atoms with E-state index in [1.165, 1.54) is 0 Å². The normalized spacial score (nSPS) is 11.4. The molecule has 0 bridgehead atoms. The molecular formula is C10H16N2O2. The van der Waals surface area contributed by atoms with E-state index in [1.807, 2.05) is 33.0 Å². The summed E-state index contributed by atoms with van der Waals surface area (Å²) in [6.07, 6.45) is 3.87. The zero-order valence-corrected chi connectivity index (χ0v) is 8.86. The van der Waals surface area contributed by atoms with Gasteiger partial charge in [0, 0.05) is 12.4 Å². The minimum atomic E-state index is -0.402. The van der Waals surface area contributed by atoms with E-state index >= 15 is 0 Å². The van der Waals surface area contributed by atoms with Crippen molar-refractivity contribution in [3.05, 3.63) is 18.5 Å². The van der Waals surface area contributed by atoms with Crippen molar-refractivity contribution in [3.63, 3.8) is 0 Å². The Morgan fingerprint density at radius 1 is 1.50 bits per heavy atom. The van der Waals surface area contributed by atoms with Crippen LogP contribution in [0.2, 0.25) is 0 Å². The van der Waals surface area contributed by atoms with Gasteiger partial charge in [0.05, 0.1) is 13.0 Å². The van der Waals surface area contributed by atoms with Gasteiger partial charge in [-0.2, -0.15) is 5.10 Å². The molecule has 0 atom stereocenters. The van der Waals surface area contributed by atoms with Crippen LogP contribution in [0.15, 0.2) is 18.5 Å². The highest BCUT2D eigenvalue weighted by molar-refractivity contribution is 5.69. The first kappa shape index (κ1) is 10.8. The zero-order chi connectivity index (χ0) is 10.6. The Bertz CT molecular complexity index is 286. The van der Waals surface area contributed by atoms with Crippen molar-refractivity contribution in [2.75, 3.05) is 0 Å². The Morgan fingerprint density at radius 2 is 2.21 bits per heavy atom. The van der Waals surface area contributed by atoms with E-state index in [9.17, 15) is 4.79 Å². The fourth-order valence-electron chi connectivity index (χ4n) is 1.03. The second kappa shape index (κ2) is 4.26. The van der Waals surface area contributed by atoms with Crippen LogP contribution in [0.25, 0.3) is 0 Å². The lowest BCUT2D eigenvalue weighted by Gasteiger charge is -2.19. The average Bonchev–Trinajstić information content (AvgIpc) is 2.49. The summed E-state index contributed by atoms with van der Waals surface area (Å²) in [6, 6.07) is 1.83. The number of nitrogens with zero attached hydrogens (tertiary/aromatic N) is 2. The van der Waals surface area contributed by atoms with E-state index in [4.69, 9.17) is 4.74 Å².